The molecule has 0 bridgehead atoms. The second kappa shape index (κ2) is 13.2. The molecule has 2 N–H and O–H groups in total. The molecule has 2 saturated heterocycles. The first kappa shape index (κ1) is 33.1. The summed E-state index contributed by atoms with van der Waals surface area (Å²) >= 11 is 0. The molecule has 4 atom stereocenters. The highest BCUT2D eigenvalue weighted by Crippen LogP contribution is 2.61. The van der Waals surface area contributed by atoms with Gasteiger partial charge in [0, 0.05) is 61.7 Å². The number of benzene rings is 3. The fourth-order valence-corrected chi connectivity index (χ4v) is 12.4. The molecule has 0 aliphatic carbocycles. The van der Waals surface area contributed by atoms with Gasteiger partial charge in [0.2, 0.25) is 5.91 Å². The van der Waals surface area contributed by atoms with Crippen LogP contribution in [0.4, 0.5) is 17.1 Å². The monoisotopic (exact) mass is 680 g/mol. The summed E-state index contributed by atoms with van der Waals surface area (Å²) in [7, 11) is -0.688. The number of ether oxygens (including phenoxy) is 2. The van der Waals surface area contributed by atoms with E-state index in [9.17, 15) is 9.90 Å². The highest BCUT2D eigenvalue weighted by molar-refractivity contribution is 6.91. The van der Waals surface area contributed by atoms with Gasteiger partial charge in [0.25, 0.3) is 5.91 Å². The number of hydrogen-bond acceptors (Lipinski definition) is 8. The van der Waals surface area contributed by atoms with E-state index in [0.717, 1.165) is 34.1 Å². The second-order valence-corrected chi connectivity index (χ2v) is 18.5. The number of aryl methyl sites for hydroxylation is 1. The summed E-state index contributed by atoms with van der Waals surface area (Å²) in [5.74, 6) is 0.497. The Hall–Kier alpha value is -4.36. The van der Waals surface area contributed by atoms with Crippen LogP contribution < -0.4 is 25.0 Å². The fraction of sp³-hybridized carbons (Fsp3) is 0.405. The van der Waals surface area contributed by atoms with Crippen LogP contribution in [-0.2, 0) is 32.9 Å². The Balaban J connectivity index is 1.35. The van der Waals surface area contributed by atoms with Crippen LogP contribution in [0.15, 0.2) is 79.0 Å². The molecule has 0 unspecified atom stereocenters. The van der Waals surface area contributed by atoms with Gasteiger partial charge in [-0.25, -0.2) is 0 Å². The summed E-state index contributed by atoms with van der Waals surface area (Å²) in [6.45, 7) is 9.00. The zero-order valence-corrected chi connectivity index (χ0v) is 29.5. The summed E-state index contributed by atoms with van der Waals surface area (Å²) in [6.07, 6.45) is 2.66. The number of methoxy groups -OCH3 is 1. The molecule has 3 aliphatic heterocycles. The van der Waals surface area contributed by atoms with Crippen LogP contribution in [0.25, 0.3) is 0 Å². The molecule has 1 spiro atoms. The number of carbonyl (C=O) groups is 2. The minimum absolute atomic E-state index is 0.00192. The average molecular weight is 681 g/mol. The van der Waals surface area contributed by atoms with Crippen molar-refractivity contribution in [3.8, 4) is 5.75 Å². The smallest absolute Gasteiger partial charge is 0.268 e. The molecule has 0 saturated carbocycles. The minimum atomic E-state index is -2.36. The van der Waals surface area contributed by atoms with Gasteiger partial charge in [0.1, 0.15) is 5.75 Å². The predicted molar refractivity (Wildman–Crippen MR) is 190 cm³/mol. The zero-order chi connectivity index (χ0) is 34.3. The lowest BCUT2D eigenvalue weighted by Crippen LogP contribution is -2.51. The van der Waals surface area contributed by atoms with E-state index in [1.807, 2.05) is 66.9 Å². The summed E-state index contributed by atoms with van der Waals surface area (Å²) in [5.41, 5.74) is 2.63. The molecule has 2 fully saturated rings. The highest BCUT2D eigenvalue weighted by Gasteiger charge is 2.66. The summed E-state index contributed by atoms with van der Waals surface area (Å²) < 4.78 is 14.6. The zero-order valence-electron chi connectivity index (χ0n) is 28.5. The Labute approximate surface area is 287 Å². The van der Waals surface area contributed by atoms with E-state index in [4.69, 9.17) is 9.47 Å². The lowest BCUT2D eigenvalue weighted by Gasteiger charge is -2.37. The first-order valence-electron chi connectivity index (χ1n) is 17.1. The lowest BCUT2D eigenvalue weighted by atomic mass is 9.82. The minimum Gasteiger partial charge on any atom is -0.497 e. The van der Waals surface area contributed by atoms with E-state index in [1.165, 1.54) is 5.19 Å². The number of aliphatic hydroxyl groups excluding tert-OH is 1. The van der Waals surface area contributed by atoms with E-state index >= 15 is 4.79 Å². The topological polar surface area (TPSA) is 122 Å². The van der Waals surface area contributed by atoms with Crippen molar-refractivity contribution >= 4 is 42.1 Å². The van der Waals surface area contributed by atoms with Crippen molar-refractivity contribution in [3.05, 3.63) is 90.3 Å². The number of fused-ring (bicyclic) bond motifs is 2. The second-order valence-electron chi connectivity index (χ2n) is 13.8. The Morgan fingerprint density at radius 2 is 1.84 bits per heavy atom. The number of hydrogen-bond donors (Lipinski definition) is 2. The van der Waals surface area contributed by atoms with Crippen molar-refractivity contribution in [1.29, 1.82) is 0 Å². The van der Waals surface area contributed by atoms with Gasteiger partial charge in [-0.15, -0.1) is 5.10 Å². The van der Waals surface area contributed by atoms with Crippen LogP contribution in [0.2, 0.25) is 18.6 Å². The van der Waals surface area contributed by atoms with Gasteiger partial charge in [0.05, 0.1) is 39.2 Å². The highest BCUT2D eigenvalue weighted by atomic mass is 28.3. The molecule has 3 aromatic carbocycles. The van der Waals surface area contributed by atoms with Gasteiger partial charge in [-0.1, -0.05) is 60.7 Å². The number of nitrogens with zero attached hydrogens (tertiary/aromatic N) is 5. The van der Waals surface area contributed by atoms with Crippen molar-refractivity contribution in [2.75, 3.05) is 43.2 Å². The van der Waals surface area contributed by atoms with Crippen molar-refractivity contribution in [2.24, 2.45) is 5.92 Å². The molecule has 0 radical (unpaired) electrons. The van der Waals surface area contributed by atoms with E-state index < -0.39 is 13.7 Å². The van der Waals surface area contributed by atoms with Gasteiger partial charge in [-0.05, 0) is 54.4 Å². The Morgan fingerprint density at radius 3 is 2.55 bits per heavy atom. The first-order chi connectivity index (χ1) is 23.7. The molecular formula is C37H44N6O5Si. The maximum absolute atomic E-state index is 15.2. The van der Waals surface area contributed by atoms with E-state index in [1.54, 1.807) is 21.6 Å². The third-order valence-electron chi connectivity index (χ3n) is 10.7. The molecule has 11 nitrogen and oxygen atoms in total. The third-order valence-corrected chi connectivity index (χ3v) is 15.1. The van der Waals surface area contributed by atoms with Gasteiger partial charge in [0.15, 0.2) is 5.60 Å². The van der Waals surface area contributed by atoms with E-state index in [2.05, 4.69) is 47.8 Å². The number of anilines is 3. The number of piperazine rings is 1. The Bertz CT molecular complexity index is 1830. The number of para-hydroxylation sites is 1. The van der Waals surface area contributed by atoms with Crippen LogP contribution in [0.5, 0.6) is 5.75 Å². The number of nitrogens with one attached hydrogen (secondary N) is 1. The Morgan fingerprint density at radius 1 is 1.06 bits per heavy atom. The molecule has 1 aromatic heterocycles. The maximum atomic E-state index is 15.2. The summed E-state index contributed by atoms with van der Waals surface area (Å²) in [5, 5.41) is 22.4. The first-order valence-corrected chi connectivity index (χ1v) is 20.1. The number of carbonyl (C=O) groups excluding carboxylic acids is 2. The van der Waals surface area contributed by atoms with Gasteiger partial charge in [-0.3, -0.25) is 19.2 Å². The molecule has 4 aromatic rings. The van der Waals surface area contributed by atoms with Crippen LogP contribution in [0, 0.1) is 5.92 Å². The summed E-state index contributed by atoms with van der Waals surface area (Å²) in [4.78, 5) is 31.8. The van der Waals surface area contributed by atoms with Gasteiger partial charge < -0.3 is 24.8 Å². The van der Waals surface area contributed by atoms with Crippen LogP contribution in [0.3, 0.4) is 0 Å². The third kappa shape index (κ3) is 5.66. The number of amides is 2. The number of rotatable bonds is 10. The van der Waals surface area contributed by atoms with Crippen LogP contribution >= 0.6 is 0 Å². The van der Waals surface area contributed by atoms with Crippen molar-refractivity contribution in [2.45, 2.75) is 56.7 Å². The molecule has 3 aliphatic rings. The summed E-state index contributed by atoms with van der Waals surface area (Å²) in [6, 6.07) is 24.0. The number of aromatic nitrogens is 3. The molecule has 12 heteroatoms. The molecule has 256 valence electrons. The Kier molecular flexibility index (Phi) is 8.90. The number of aliphatic hydroxyl groups is 1. The largest absolute Gasteiger partial charge is 0.497 e. The maximum Gasteiger partial charge on any atom is 0.268 e. The van der Waals surface area contributed by atoms with Gasteiger partial charge >= 0.3 is 0 Å². The molecule has 49 heavy (non-hydrogen) atoms. The molecule has 7 rings (SSSR count). The lowest BCUT2D eigenvalue weighted by molar-refractivity contribution is -0.145. The fourth-order valence-electron chi connectivity index (χ4n) is 8.31. The van der Waals surface area contributed by atoms with Crippen molar-refractivity contribution < 1.29 is 24.2 Å². The average Bonchev–Trinajstić information content (AvgIpc) is 3.77. The molecule has 2 amide bonds. The molecule has 4 heterocycles. The van der Waals surface area contributed by atoms with Gasteiger partial charge in [-0.2, -0.15) is 0 Å². The van der Waals surface area contributed by atoms with Crippen LogP contribution in [-0.4, -0.2) is 79.4 Å². The van der Waals surface area contributed by atoms with E-state index in [-0.39, 0.29) is 42.5 Å². The quantitative estimate of drug-likeness (QED) is 0.243. The van der Waals surface area contributed by atoms with E-state index in [0.29, 0.717) is 32.5 Å². The molecular weight excluding hydrogens is 637 g/mol. The predicted octanol–water partition coefficient (Wildman–Crippen LogP) is 3.74. The van der Waals surface area contributed by atoms with Crippen LogP contribution in [0.1, 0.15) is 24.6 Å². The normalized spacial score (nSPS) is 23.8. The standard InChI is InChI=1S/C37H44N6O5Si/c1-25-35(49(3,4)30-13-11-29(47-2)12-14-30)33(16-19-41-24-26(17-21-44)39-40-41)48-37(25)31-22-28(42-20-18-38-23-34(42)45)10-15-32(31)43(36(37)46)27-8-6-5-7-9-27/h5-15,22,24-25,33,35,38,44H,16-21,23H2,1-4H3/t25-,33+,35-,37+/m0/s1. The van der Waals surface area contributed by atoms with Crippen molar-refractivity contribution in [1.82, 2.24) is 20.3 Å². The SMILES string of the molecule is COc1ccc([Si](C)(C)[C@@H]2[C@@H](CCn3cc(CCO)nn3)O[C@]3(C(=O)N(c4ccccc4)c4ccc(N5CCNCC5=O)cc43)[C@H]2C)cc1. The van der Waals surface area contributed by atoms with Crippen molar-refractivity contribution in [3.63, 3.8) is 0 Å².